The highest BCUT2D eigenvalue weighted by molar-refractivity contribution is 5.74. The van der Waals surface area contributed by atoms with Crippen LogP contribution in [-0.2, 0) is 4.79 Å². The number of allylic oxidation sites excluding steroid dienone is 2. The summed E-state index contributed by atoms with van der Waals surface area (Å²) in [4.78, 5) is 12.1. The van der Waals surface area contributed by atoms with Gasteiger partial charge in [-0.2, -0.15) is 0 Å². The Morgan fingerprint density at radius 2 is 2.50 bits per heavy atom. The molecule has 0 saturated heterocycles. The molecule has 0 N–H and O–H groups in total. The van der Waals surface area contributed by atoms with E-state index in [4.69, 9.17) is 0 Å². The van der Waals surface area contributed by atoms with Gasteiger partial charge in [-0.3, -0.25) is 4.79 Å². The quantitative estimate of drug-likeness (QED) is 0.528. The van der Waals surface area contributed by atoms with E-state index in [-0.39, 0.29) is 0 Å². The molecular weight excluding hydrogens is 126 g/mol. The molecule has 0 aliphatic carbocycles. The molecule has 0 unspecified atom stereocenters. The molecule has 0 fully saturated rings. The zero-order chi connectivity index (χ0) is 7.40. The van der Waals surface area contributed by atoms with E-state index in [9.17, 15) is 4.79 Å². The first-order valence-corrected chi connectivity index (χ1v) is 3.07. The van der Waals surface area contributed by atoms with Crippen LogP contribution in [0.2, 0.25) is 0 Å². The van der Waals surface area contributed by atoms with Crippen molar-refractivity contribution in [2.24, 2.45) is 0 Å². The van der Waals surface area contributed by atoms with Gasteiger partial charge in [-0.05, 0) is 12.3 Å². The Labute approximate surface area is 60.1 Å². The van der Waals surface area contributed by atoms with Gasteiger partial charge in [0.1, 0.15) is 6.29 Å². The van der Waals surface area contributed by atoms with E-state index in [1.807, 2.05) is 17.2 Å². The lowest BCUT2D eigenvalue weighted by molar-refractivity contribution is -0.105. The van der Waals surface area contributed by atoms with Crippen molar-refractivity contribution in [3.63, 3.8) is 0 Å². The maximum Gasteiger partial charge on any atom is 0.147 e. The summed E-state index contributed by atoms with van der Waals surface area (Å²) in [5.74, 6) is 0. The first-order chi connectivity index (χ1) is 4.86. The summed E-state index contributed by atoms with van der Waals surface area (Å²) in [7, 11) is 0. The number of carbonyl (C=O) groups excluding carboxylic acids is 1. The molecule has 0 spiro atoms. The van der Waals surface area contributed by atoms with Crippen molar-refractivity contribution in [2.45, 2.75) is 0 Å². The third-order valence-corrected chi connectivity index (χ3v) is 1.34. The average Bonchev–Trinajstić information content (AvgIpc) is 2.05. The fourth-order valence-electron chi connectivity index (χ4n) is 0.795. The topological polar surface area (TPSA) is 20.3 Å². The van der Waals surface area contributed by atoms with E-state index in [1.54, 1.807) is 12.3 Å². The summed E-state index contributed by atoms with van der Waals surface area (Å²) >= 11 is 0. The van der Waals surface area contributed by atoms with Crippen LogP contribution in [0.4, 0.5) is 0 Å². The fourth-order valence-corrected chi connectivity index (χ4v) is 0.795. The third-order valence-electron chi connectivity index (χ3n) is 1.34. The molecule has 0 amide bonds. The van der Waals surface area contributed by atoms with E-state index >= 15 is 0 Å². The first kappa shape index (κ1) is 6.81. The average molecular weight is 135 g/mol. The second-order valence-corrected chi connectivity index (χ2v) is 2.06. The Morgan fingerprint density at radius 1 is 1.70 bits per heavy atom. The molecule has 0 aromatic rings. The van der Waals surface area contributed by atoms with E-state index in [1.165, 1.54) is 0 Å². The Hall–Kier alpha value is -1.31. The van der Waals surface area contributed by atoms with Gasteiger partial charge in [0.05, 0.1) is 6.54 Å². The number of aldehydes is 1. The summed E-state index contributed by atoms with van der Waals surface area (Å²) in [6, 6.07) is 0. The van der Waals surface area contributed by atoms with E-state index in [0.29, 0.717) is 6.54 Å². The van der Waals surface area contributed by atoms with Crippen molar-refractivity contribution < 1.29 is 4.79 Å². The van der Waals surface area contributed by atoms with Gasteiger partial charge in [0.2, 0.25) is 0 Å². The number of carbonyl (C=O) groups is 1. The van der Waals surface area contributed by atoms with Gasteiger partial charge in [-0.25, -0.2) is 0 Å². The Bertz CT molecular complexity index is 203. The number of nitrogens with zero attached hydrogens (tertiary/aromatic N) is 1. The summed E-state index contributed by atoms with van der Waals surface area (Å²) < 4.78 is 0. The lowest BCUT2D eigenvalue weighted by atomic mass is 10.2. The van der Waals surface area contributed by atoms with Crippen molar-refractivity contribution in [2.75, 3.05) is 6.54 Å². The zero-order valence-electron chi connectivity index (χ0n) is 5.66. The molecule has 1 aliphatic rings. The van der Waals surface area contributed by atoms with Crippen molar-refractivity contribution in [1.82, 2.24) is 4.90 Å². The van der Waals surface area contributed by atoms with Crippen LogP contribution in [0, 0.1) is 0 Å². The van der Waals surface area contributed by atoms with Gasteiger partial charge in [-0.1, -0.05) is 12.7 Å². The van der Waals surface area contributed by atoms with Crippen LogP contribution in [0.3, 0.4) is 0 Å². The Morgan fingerprint density at radius 3 is 3.10 bits per heavy atom. The molecule has 0 atom stereocenters. The molecule has 0 bridgehead atoms. The lowest BCUT2D eigenvalue weighted by Gasteiger charge is -2.16. The van der Waals surface area contributed by atoms with Gasteiger partial charge in [0, 0.05) is 11.8 Å². The first-order valence-electron chi connectivity index (χ1n) is 3.07. The normalized spacial score (nSPS) is 16.4. The summed E-state index contributed by atoms with van der Waals surface area (Å²) in [6.45, 7) is 4.23. The monoisotopic (exact) mass is 135 g/mol. The van der Waals surface area contributed by atoms with E-state index in [2.05, 4.69) is 6.58 Å². The van der Waals surface area contributed by atoms with Gasteiger partial charge in [-0.15, -0.1) is 0 Å². The van der Waals surface area contributed by atoms with Crippen molar-refractivity contribution in [3.8, 4) is 0 Å². The van der Waals surface area contributed by atoms with Crippen LogP contribution in [-0.4, -0.2) is 17.7 Å². The molecule has 0 aromatic carbocycles. The van der Waals surface area contributed by atoms with Crippen LogP contribution >= 0.6 is 0 Å². The zero-order valence-corrected chi connectivity index (χ0v) is 5.66. The number of hydrogen-bond donors (Lipinski definition) is 0. The van der Waals surface area contributed by atoms with Gasteiger partial charge in [0.25, 0.3) is 0 Å². The smallest absolute Gasteiger partial charge is 0.147 e. The predicted molar refractivity (Wildman–Crippen MR) is 40.2 cm³/mol. The minimum Gasteiger partial charge on any atom is -0.350 e. The number of rotatable bonds is 2. The molecule has 0 radical (unpaired) electrons. The molecule has 1 heterocycles. The summed E-state index contributed by atoms with van der Waals surface area (Å²) in [6.07, 6.45) is 8.05. The fraction of sp³-hybridized carbons (Fsp3) is 0.125. The molecule has 10 heavy (non-hydrogen) atoms. The SMILES string of the molecule is C=CN1C=CC=C(C=O)C1. The van der Waals surface area contributed by atoms with Crippen molar-refractivity contribution >= 4 is 6.29 Å². The Balaban J connectivity index is 2.66. The minimum absolute atomic E-state index is 0.642. The van der Waals surface area contributed by atoms with Crippen LogP contribution in [0.5, 0.6) is 0 Å². The van der Waals surface area contributed by atoms with Crippen molar-refractivity contribution in [3.05, 3.63) is 36.7 Å². The molecule has 2 nitrogen and oxygen atoms in total. The highest BCUT2D eigenvalue weighted by Crippen LogP contribution is 2.04. The molecule has 1 aliphatic heterocycles. The maximum absolute atomic E-state index is 10.3. The molecule has 2 heteroatoms. The van der Waals surface area contributed by atoms with Gasteiger partial charge < -0.3 is 4.90 Å². The van der Waals surface area contributed by atoms with E-state index < -0.39 is 0 Å². The second kappa shape index (κ2) is 3.01. The predicted octanol–water partition coefficient (Wildman–Crippen LogP) is 1.08. The standard InChI is InChI=1S/C8H9NO/c1-2-9-5-3-4-8(6-9)7-10/h2-5,7H,1,6H2. The van der Waals surface area contributed by atoms with Crippen LogP contribution < -0.4 is 0 Å². The lowest BCUT2D eigenvalue weighted by Crippen LogP contribution is -2.15. The molecule has 52 valence electrons. The molecule has 0 aromatic heterocycles. The molecule has 0 saturated carbocycles. The Kier molecular flexibility index (Phi) is 2.05. The van der Waals surface area contributed by atoms with Crippen molar-refractivity contribution in [1.29, 1.82) is 0 Å². The van der Waals surface area contributed by atoms with Crippen LogP contribution in [0.25, 0.3) is 0 Å². The molecular formula is C8H9NO. The van der Waals surface area contributed by atoms with Gasteiger partial charge >= 0.3 is 0 Å². The van der Waals surface area contributed by atoms with Crippen LogP contribution in [0.15, 0.2) is 36.7 Å². The van der Waals surface area contributed by atoms with Gasteiger partial charge in [0.15, 0.2) is 0 Å². The largest absolute Gasteiger partial charge is 0.350 e. The highest BCUT2D eigenvalue weighted by atomic mass is 16.1. The third kappa shape index (κ3) is 1.35. The summed E-state index contributed by atoms with van der Waals surface area (Å²) in [5, 5.41) is 0. The molecule has 1 rings (SSSR count). The maximum atomic E-state index is 10.3. The minimum atomic E-state index is 0.642. The number of hydrogen-bond acceptors (Lipinski definition) is 2. The highest BCUT2D eigenvalue weighted by Gasteiger charge is 2.01. The van der Waals surface area contributed by atoms with Crippen LogP contribution in [0.1, 0.15) is 0 Å². The summed E-state index contributed by atoms with van der Waals surface area (Å²) in [5.41, 5.74) is 0.780. The van der Waals surface area contributed by atoms with E-state index in [0.717, 1.165) is 11.9 Å². The second-order valence-electron chi connectivity index (χ2n) is 2.06.